The quantitative estimate of drug-likeness (QED) is 0.771. The third-order valence-corrected chi connectivity index (χ3v) is 3.01. The van der Waals surface area contributed by atoms with Crippen molar-refractivity contribution < 1.29 is 14.3 Å². The van der Waals surface area contributed by atoms with Crippen molar-refractivity contribution in [3.05, 3.63) is 58.6 Å². The SMILES string of the molecule is CCOC(=O)c1c(C)cccc1Oc1ccc(Cl)cc1. The third kappa shape index (κ3) is 3.31. The first kappa shape index (κ1) is 14.4. The number of hydrogen-bond donors (Lipinski definition) is 0. The monoisotopic (exact) mass is 290 g/mol. The van der Waals surface area contributed by atoms with E-state index in [2.05, 4.69) is 0 Å². The summed E-state index contributed by atoms with van der Waals surface area (Å²) in [6, 6.07) is 12.4. The van der Waals surface area contributed by atoms with Gasteiger partial charge in [0.15, 0.2) is 0 Å². The van der Waals surface area contributed by atoms with E-state index in [1.807, 2.05) is 19.1 Å². The zero-order valence-corrected chi connectivity index (χ0v) is 12.1. The summed E-state index contributed by atoms with van der Waals surface area (Å²) >= 11 is 5.83. The highest BCUT2D eigenvalue weighted by atomic mass is 35.5. The maximum Gasteiger partial charge on any atom is 0.342 e. The Kier molecular flexibility index (Phi) is 4.64. The van der Waals surface area contributed by atoms with E-state index in [-0.39, 0.29) is 5.97 Å². The Balaban J connectivity index is 2.34. The van der Waals surface area contributed by atoms with Crippen LogP contribution in [0.5, 0.6) is 11.5 Å². The molecule has 2 rings (SSSR count). The summed E-state index contributed by atoms with van der Waals surface area (Å²) in [4.78, 5) is 12.0. The Bertz CT molecular complexity index is 606. The Morgan fingerprint density at radius 1 is 1.15 bits per heavy atom. The number of carbonyl (C=O) groups excluding carboxylic acids is 1. The van der Waals surface area contributed by atoms with Gasteiger partial charge >= 0.3 is 5.97 Å². The lowest BCUT2D eigenvalue weighted by atomic mass is 10.1. The zero-order valence-electron chi connectivity index (χ0n) is 11.4. The van der Waals surface area contributed by atoms with Crippen molar-refractivity contribution in [2.75, 3.05) is 6.61 Å². The molecule has 2 aromatic carbocycles. The van der Waals surface area contributed by atoms with Crippen molar-refractivity contribution in [1.29, 1.82) is 0 Å². The summed E-state index contributed by atoms with van der Waals surface area (Å²) in [7, 11) is 0. The van der Waals surface area contributed by atoms with Crippen LogP contribution in [0.15, 0.2) is 42.5 Å². The number of halogens is 1. The van der Waals surface area contributed by atoms with Gasteiger partial charge in [-0.05, 0) is 49.7 Å². The molecular weight excluding hydrogens is 276 g/mol. The number of ether oxygens (including phenoxy) is 2. The van der Waals surface area contributed by atoms with Gasteiger partial charge < -0.3 is 9.47 Å². The van der Waals surface area contributed by atoms with Gasteiger partial charge in [0.25, 0.3) is 0 Å². The van der Waals surface area contributed by atoms with Crippen LogP contribution in [0.4, 0.5) is 0 Å². The molecule has 4 heteroatoms. The number of aryl methyl sites for hydroxylation is 1. The second-order valence-corrected chi connectivity index (χ2v) is 4.66. The van der Waals surface area contributed by atoms with E-state index in [1.54, 1.807) is 37.3 Å². The highest BCUT2D eigenvalue weighted by Gasteiger charge is 2.17. The molecule has 0 aliphatic carbocycles. The van der Waals surface area contributed by atoms with Crippen LogP contribution >= 0.6 is 11.6 Å². The van der Waals surface area contributed by atoms with Crippen LogP contribution in [-0.2, 0) is 4.74 Å². The second-order valence-electron chi connectivity index (χ2n) is 4.22. The summed E-state index contributed by atoms with van der Waals surface area (Å²) in [5.74, 6) is 0.714. The minimum atomic E-state index is -0.380. The van der Waals surface area contributed by atoms with Gasteiger partial charge in [-0.1, -0.05) is 23.7 Å². The van der Waals surface area contributed by atoms with E-state index in [9.17, 15) is 4.79 Å². The molecular formula is C16H15ClO3. The zero-order chi connectivity index (χ0) is 14.5. The smallest absolute Gasteiger partial charge is 0.342 e. The molecule has 104 valence electrons. The van der Waals surface area contributed by atoms with Gasteiger partial charge in [0.2, 0.25) is 0 Å². The molecule has 0 saturated carbocycles. The van der Waals surface area contributed by atoms with Gasteiger partial charge in [0, 0.05) is 5.02 Å². The average molecular weight is 291 g/mol. The second kappa shape index (κ2) is 6.44. The molecule has 2 aromatic rings. The molecule has 0 aliphatic heterocycles. The molecule has 0 heterocycles. The Morgan fingerprint density at radius 2 is 1.85 bits per heavy atom. The van der Waals surface area contributed by atoms with Crippen LogP contribution in [0.1, 0.15) is 22.8 Å². The molecule has 0 radical (unpaired) electrons. The van der Waals surface area contributed by atoms with E-state index in [0.717, 1.165) is 5.56 Å². The highest BCUT2D eigenvalue weighted by molar-refractivity contribution is 6.30. The van der Waals surface area contributed by atoms with Gasteiger partial charge in [-0.3, -0.25) is 0 Å². The lowest BCUT2D eigenvalue weighted by Gasteiger charge is -2.12. The molecule has 0 fully saturated rings. The van der Waals surface area contributed by atoms with Crippen LogP contribution in [0.2, 0.25) is 5.02 Å². The number of benzene rings is 2. The lowest BCUT2D eigenvalue weighted by Crippen LogP contribution is -2.08. The summed E-state index contributed by atoms with van der Waals surface area (Å²) in [5.41, 5.74) is 1.26. The van der Waals surface area contributed by atoms with Crippen molar-refractivity contribution >= 4 is 17.6 Å². The molecule has 0 amide bonds. The standard InChI is InChI=1S/C16H15ClO3/c1-3-19-16(18)15-11(2)5-4-6-14(15)20-13-9-7-12(17)8-10-13/h4-10H,3H2,1-2H3. The summed E-state index contributed by atoms with van der Waals surface area (Å²) in [5, 5.41) is 0.632. The summed E-state index contributed by atoms with van der Waals surface area (Å²) in [6.07, 6.45) is 0. The largest absolute Gasteiger partial charge is 0.462 e. The fourth-order valence-corrected chi connectivity index (χ4v) is 1.95. The molecule has 0 spiro atoms. The molecule has 0 saturated heterocycles. The Morgan fingerprint density at radius 3 is 2.50 bits per heavy atom. The molecule has 0 aromatic heterocycles. The van der Waals surface area contributed by atoms with Crippen LogP contribution < -0.4 is 4.74 Å². The summed E-state index contributed by atoms with van der Waals surface area (Å²) in [6.45, 7) is 3.95. The van der Waals surface area contributed by atoms with E-state index < -0.39 is 0 Å². The maximum absolute atomic E-state index is 12.0. The van der Waals surface area contributed by atoms with Crippen molar-refractivity contribution in [3.63, 3.8) is 0 Å². The predicted octanol–water partition coefficient (Wildman–Crippen LogP) is 4.62. The van der Waals surface area contributed by atoms with Crippen molar-refractivity contribution in [3.8, 4) is 11.5 Å². The number of rotatable bonds is 4. The maximum atomic E-state index is 12.0. The van der Waals surface area contributed by atoms with Crippen molar-refractivity contribution in [2.24, 2.45) is 0 Å². The van der Waals surface area contributed by atoms with Crippen LogP contribution in [-0.4, -0.2) is 12.6 Å². The molecule has 3 nitrogen and oxygen atoms in total. The fraction of sp³-hybridized carbons (Fsp3) is 0.188. The Labute approximate surface area is 123 Å². The number of carbonyl (C=O) groups is 1. The molecule has 0 bridgehead atoms. The van der Waals surface area contributed by atoms with Gasteiger partial charge in [-0.15, -0.1) is 0 Å². The Hall–Kier alpha value is -2.00. The van der Waals surface area contributed by atoms with Crippen molar-refractivity contribution in [2.45, 2.75) is 13.8 Å². The normalized spacial score (nSPS) is 10.2. The first-order chi connectivity index (χ1) is 9.61. The van der Waals surface area contributed by atoms with E-state index in [0.29, 0.717) is 28.7 Å². The van der Waals surface area contributed by atoms with Gasteiger partial charge in [0.1, 0.15) is 17.1 Å². The predicted molar refractivity (Wildman–Crippen MR) is 78.7 cm³/mol. The van der Waals surface area contributed by atoms with E-state index in [1.165, 1.54) is 0 Å². The number of esters is 1. The first-order valence-electron chi connectivity index (χ1n) is 6.32. The van der Waals surface area contributed by atoms with Crippen molar-refractivity contribution in [1.82, 2.24) is 0 Å². The number of hydrogen-bond acceptors (Lipinski definition) is 3. The molecule has 0 aliphatic rings. The van der Waals surface area contributed by atoms with Gasteiger partial charge in [-0.25, -0.2) is 4.79 Å². The minimum absolute atomic E-state index is 0.327. The molecule has 20 heavy (non-hydrogen) atoms. The third-order valence-electron chi connectivity index (χ3n) is 2.76. The molecule has 0 atom stereocenters. The van der Waals surface area contributed by atoms with Crippen LogP contribution in [0.3, 0.4) is 0 Å². The van der Waals surface area contributed by atoms with Gasteiger partial charge in [-0.2, -0.15) is 0 Å². The average Bonchev–Trinajstić information content (AvgIpc) is 2.42. The topological polar surface area (TPSA) is 35.5 Å². The van der Waals surface area contributed by atoms with Gasteiger partial charge in [0.05, 0.1) is 6.61 Å². The first-order valence-corrected chi connectivity index (χ1v) is 6.69. The fourth-order valence-electron chi connectivity index (χ4n) is 1.82. The van der Waals surface area contributed by atoms with E-state index in [4.69, 9.17) is 21.1 Å². The lowest BCUT2D eigenvalue weighted by molar-refractivity contribution is 0.0522. The summed E-state index contributed by atoms with van der Waals surface area (Å²) < 4.78 is 10.8. The highest BCUT2D eigenvalue weighted by Crippen LogP contribution is 2.29. The molecule has 0 unspecified atom stereocenters. The van der Waals surface area contributed by atoms with Crippen LogP contribution in [0.25, 0.3) is 0 Å². The minimum Gasteiger partial charge on any atom is -0.462 e. The van der Waals surface area contributed by atoms with E-state index >= 15 is 0 Å². The van der Waals surface area contributed by atoms with Crippen LogP contribution in [0, 0.1) is 6.92 Å². The molecule has 0 N–H and O–H groups in total.